The Morgan fingerprint density at radius 3 is 2.88 bits per heavy atom. The number of nitrogens with zero attached hydrogens (tertiary/aromatic N) is 3. The van der Waals surface area contributed by atoms with Gasteiger partial charge in [-0.15, -0.1) is 0 Å². The van der Waals surface area contributed by atoms with Gasteiger partial charge in [0, 0.05) is 23.7 Å². The number of methoxy groups -OCH3 is 1. The zero-order chi connectivity index (χ0) is 18.3. The molecule has 0 spiro atoms. The van der Waals surface area contributed by atoms with Crippen molar-refractivity contribution in [3.63, 3.8) is 0 Å². The summed E-state index contributed by atoms with van der Waals surface area (Å²) >= 11 is 0. The highest BCUT2D eigenvalue weighted by Gasteiger charge is 2.56. The second-order valence-electron chi connectivity index (χ2n) is 7.38. The molecule has 1 aromatic carbocycles. The fourth-order valence-corrected chi connectivity index (χ4v) is 4.79. The van der Waals surface area contributed by atoms with Crippen LogP contribution in [0.4, 0.5) is 0 Å². The van der Waals surface area contributed by atoms with Crippen LogP contribution in [0.2, 0.25) is 0 Å². The normalized spacial score (nSPS) is 27.1. The van der Waals surface area contributed by atoms with Gasteiger partial charge in [0.05, 0.1) is 25.5 Å². The van der Waals surface area contributed by atoms with Crippen LogP contribution in [-0.2, 0) is 0 Å². The number of amides is 1. The van der Waals surface area contributed by atoms with Crippen molar-refractivity contribution in [1.29, 1.82) is 0 Å². The summed E-state index contributed by atoms with van der Waals surface area (Å²) in [5.74, 6) is 0.726. The van der Waals surface area contributed by atoms with Crippen LogP contribution in [0.25, 0.3) is 5.69 Å². The number of fused-ring (bicyclic) bond motifs is 2. The van der Waals surface area contributed by atoms with Gasteiger partial charge in [0.1, 0.15) is 11.4 Å². The maximum atomic E-state index is 13.2. The monoisotopic (exact) mass is 355 g/mol. The summed E-state index contributed by atoms with van der Waals surface area (Å²) in [5, 5.41) is 14.3. The molecule has 2 saturated heterocycles. The number of ether oxygens (including phenoxy) is 1. The Morgan fingerprint density at radius 2 is 2.19 bits per heavy atom. The number of hydrogen-bond acceptors (Lipinski definition) is 4. The van der Waals surface area contributed by atoms with Gasteiger partial charge in [-0.25, -0.2) is 4.68 Å². The number of carbonyl (C=O) groups is 1. The van der Waals surface area contributed by atoms with E-state index in [-0.39, 0.29) is 30.0 Å². The van der Waals surface area contributed by atoms with Gasteiger partial charge in [-0.1, -0.05) is 19.1 Å². The zero-order valence-electron chi connectivity index (χ0n) is 15.3. The van der Waals surface area contributed by atoms with Gasteiger partial charge in [-0.2, -0.15) is 5.10 Å². The molecule has 6 heteroatoms. The predicted molar refractivity (Wildman–Crippen MR) is 97.5 cm³/mol. The lowest BCUT2D eigenvalue weighted by Gasteiger charge is -2.34. The fourth-order valence-electron chi connectivity index (χ4n) is 4.79. The molecule has 2 fully saturated rings. The van der Waals surface area contributed by atoms with E-state index in [1.165, 1.54) is 0 Å². The van der Waals surface area contributed by atoms with Crippen molar-refractivity contribution in [2.45, 2.75) is 44.7 Å². The Labute approximate surface area is 153 Å². The topological polar surface area (TPSA) is 67.6 Å². The highest BCUT2D eigenvalue weighted by molar-refractivity contribution is 5.94. The lowest BCUT2D eigenvalue weighted by atomic mass is 9.72. The minimum atomic E-state index is -0.142. The number of para-hydroxylation sites is 2. The molecule has 1 amide bonds. The minimum Gasteiger partial charge on any atom is -0.494 e. The van der Waals surface area contributed by atoms with Crippen LogP contribution >= 0.6 is 0 Å². The van der Waals surface area contributed by atoms with E-state index in [0.29, 0.717) is 11.3 Å². The van der Waals surface area contributed by atoms with E-state index in [9.17, 15) is 9.90 Å². The summed E-state index contributed by atoms with van der Waals surface area (Å²) in [5.41, 5.74) is 1.24. The quantitative estimate of drug-likeness (QED) is 0.895. The molecule has 2 bridgehead atoms. The number of aliphatic hydroxyl groups excluding tert-OH is 1. The van der Waals surface area contributed by atoms with Gasteiger partial charge in [0.15, 0.2) is 0 Å². The summed E-state index contributed by atoms with van der Waals surface area (Å²) in [6, 6.07) is 7.96. The minimum absolute atomic E-state index is 0.0161. The van der Waals surface area contributed by atoms with Gasteiger partial charge in [-0.3, -0.25) is 4.79 Å². The standard InChI is InChI=1S/C20H25N3O3/c1-3-20(13-24)10-15-8-9-18(20)23(15)19(25)14-11-21-22(12-14)16-6-4-5-7-17(16)26-2/h4-7,11-12,15,18,24H,3,8-10,13H2,1-2H3/t15-,18+,20-/m1/s1. The maximum absolute atomic E-state index is 13.2. The molecular formula is C20H25N3O3. The average molecular weight is 355 g/mol. The Kier molecular flexibility index (Phi) is 4.23. The van der Waals surface area contributed by atoms with Crippen LogP contribution in [0.15, 0.2) is 36.7 Å². The largest absolute Gasteiger partial charge is 0.494 e. The summed E-state index contributed by atoms with van der Waals surface area (Å²) in [4.78, 5) is 15.2. The van der Waals surface area contributed by atoms with Gasteiger partial charge in [0.2, 0.25) is 0 Å². The Hall–Kier alpha value is -2.34. The van der Waals surface area contributed by atoms with Crippen molar-refractivity contribution in [2.75, 3.05) is 13.7 Å². The van der Waals surface area contributed by atoms with Gasteiger partial charge in [-0.05, 0) is 37.8 Å². The van der Waals surface area contributed by atoms with Crippen molar-refractivity contribution in [3.8, 4) is 11.4 Å². The molecule has 1 N–H and O–H groups in total. The van der Waals surface area contributed by atoms with Gasteiger partial charge >= 0.3 is 0 Å². The molecule has 2 aromatic rings. The van der Waals surface area contributed by atoms with Crippen LogP contribution in [0.1, 0.15) is 43.0 Å². The third kappa shape index (κ3) is 2.43. The van der Waals surface area contributed by atoms with Crippen molar-refractivity contribution in [2.24, 2.45) is 5.41 Å². The van der Waals surface area contributed by atoms with Crippen LogP contribution in [0, 0.1) is 5.41 Å². The zero-order valence-corrected chi connectivity index (χ0v) is 15.3. The van der Waals surface area contributed by atoms with Gasteiger partial charge in [0.25, 0.3) is 5.91 Å². The molecule has 0 aliphatic carbocycles. The molecule has 3 atom stereocenters. The molecule has 2 aliphatic heterocycles. The molecule has 6 nitrogen and oxygen atoms in total. The van der Waals surface area contributed by atoms with Crippen molar-refractivity contribution >= 4 is 5.91 Å². The van der Waals surface area contributed by atoms with E-state index in [1.54, 1.807) is 24.2 Å². The molecular weight excluding hydrogens is 330 g/mol. The second kappa shape index (κ2) is 6.43. The molecule has 3 heterocycles. The number of rotatable bonds is 5. The third-order valence-corrected chi connectivity index (χ3v) is 6.27. The van der Waals surface area contributed by atoms with E-state index < -0.39 is 0 Å². The van der Waals surface area contributed by atoms with E-state index >= 15 is 0 Å². The van der Waals surface area contributed by atoms with Crippen LogP contribution < -0.4 is 4.74 Å². The summed E-state index contributed by atoms with van der Waals surface area (Å²) in [6.45, 7) is 2.26. The van der Waals surface area contributed by atoms with Crippen molar-refractivity contribution in [3.05, 3.63) is 42.2 Å². The van der Waals surface area contributed by atoms with E-state index in [0.717, 1.165) is 31.4 Å². The summed E-state index contributed by atoms with van der Waals surface area (Å²) in [6.07, 6.45) is 7.19. The van der Waals surface area contributed by atoms with Crippen LogP contribution in [0.3, 0.4) is 0 Å². The Morgan fingerprint density at radius 1 is 1.38 bits per heavy atom. The van der Waals surface area contributed by atoms with E-state index in [2.05, 4.69) is 12.0 Å². The smallest absolute Gasteiger partial charge is 0.257 e. The fraction of sp³-hybridized carbons (Fsp3) is 0.500. The Balaban J connectivity index is 1.62. The number of carbonyl (C=O) groups excluding carboxylic acids is 1. The molecule has 2 aliphatic rings. The third-order valence-electron chi connectivity index (χ3n) is 6.27. The molecule has 0 radical (unpaired) electrons. The van der Waals surface area contributed by atoms with Crippen LogP contribution in [-0.4, -0.2) is 51.5 Å². The number of aromatic nitrogens is 2. The van der Waals surface area contributed by atoms with E-state index in [1.807, 2.05) is 29.2 Å². The van der Waals surface area contributed by atoms with Crippen LogP contribution in [0.5, 0.6) is 5.75 Å². The SMILES string of the molecule is CC[C@]1(CO)C[C@H]2CC[C@@H]1N2C(=O)c1cnn(-c2ccccc2OC)c1. The molecule has 4 rings (SSSR count). The molecule has 0 saturated carbocycles. The molecule has 138 valence electrons. The molecule has 0 unspecified atom stereocenters. The first-order valence-corrected chi connectivity index (χ1v) is 9.25. The molecule has 26 heavy (non-hydrogen) atoms. The summed E-state index contributed by atoms with van der Waals surface area (Å²) in [7, 11) is 1.62. The second-order valence-corrected chi connectivity index (χ2v) is 7.38. The number of benzene rings is 1. The first kappa shape index (κ1) is 17.1. The van der Waals surface area contributed by atoms with Crippen molar-refractivity contribution in [1.82, 2.24) is 14.7 Å². The maximum Gasteiger partial charge on any atom is 0.257 e. The number of aliphatic hydroxyl groups is 1. The molecule has 1 aromatic heterocycles. The lowest BCUT2D eigenvalue weighted by Crippen LogP contribution is -2.42. The Bertz CT molecular complexity index is 812. The average Bonchev–Trinajstić information content (AvgIpc) is 3.40. The highest BCUT2D eigenvalue weighted by Crippen LogP contribution is 2.51. The highest BCUT2D eigenvalue weighted by atomic mass is 16.5. The first-order chi connectivity index (χ1) is 12.6. The van der Waals surface area contributed by atoms with Crippen molar-refractivity contribution < 1.29 is 14.6 Å². The predicted octanol–water partition coefficient (Wildman–Crippen LogP) is 2.65. The summed E-state index contributed by atoms with van der Waals surface area (Å²) < 4.78 is 7.07. The van der Waals surface area contributed by atoms with E-state index in [4.69, 9.17) is 4.74 Å². The lowest BCUT2D eigenvalue weighted by molar-refractivity contribution is 0.0557. The van der Waals surface area contributed by atoms with Gasteiger partial charge < -0.3 is 14.7 Å². The number of hydrogen-bond donors (Lipinski definition) is 1. The first-order valence-electron chi connectivity index (χ1n) is 9.25.